The van der Waals surface area contributed by atoms with Crippen molar-refractivity contribution < 1.29 is 15.3 Å². The third-order valence-corrected chi connectivity index (χ3v) is 5.00. The number of nitrogens with zero attached hydrogens (tertiary/aromatic N) is 3. The summed E-state index contributed by atoms with van der Waals surface area (Å²) in [6, 6.07) is 12.5. The van der Waals surface area contributed by atoms with E-state index in [0.717, 1.165) is 29.0 Å². The number of hydrogen-bond acceptors (Lipinski definition) is 6. The fraction of sp³-hybridized carbons (Fsp3) is 0.158. The zero-order valence-corrected chi connectivity index (χ0v) is 14.6. The summed E-state index contributed by atoms with van der Waals surface area (Å²) in [4.78, 5) is 5.39. The molecule has 0 radical (unpaired) electrons. The lowest BCUT2D eigenvalue weighted by atomic mass is 10.2. The summed E-state index contributed by atoms with van der Waals surface area (Å²) in [5.74, 6) is -0.855. The summed E-state index contributed by atoms with van der Waals surface area (Å²) in [7, 11) is 0. The Morgan fingerprint density at radius 3 is 2.50 bits per heavy atom. The molecule has 1 aliphatic carbocycles. The standard InChI is InChI=1S/C19H17N3O3S/c23-16-9-8-13(17(24)18(16)25)10-20-22-15(12-6-7-12)11-26-19(22)21-14-4-2-1-3-5-14/h1-5,8-12,23-25H,6-7H2/b20-10+,21-19?. The van der Waals surface area contributed by atoms with Gasteiger partial charge in [0.1, 0.15) is 0 Å². The fourth-order valence-electron chi connectivity index (χ4n) is 2.58. The van der Waals surface area contributed by atoms with Gasteiger partial charge < -0.3 is 15.3 Å². The van der Waals surface area contributed by atoms with Gasteiger partial charge in [-0.3, -0.25) is 0 Å². The van der Waals surface area contributed by atoms with E-state index >= 15 is 0 Å². The summed E-state index contributed by atoms with van der Waals surface area (Å²) in [5.41, 5.74) is 2.24. The minimum Gasteiger partial charge on any atom is -0.504 e. The topological polar surface area (TPSA) is 90.3 Å². The number of phenolic OH excluding ortho intramolecular Hbond substituents is 3. The molecule has 6 nitrogen and oxygen atoms in total. The molecule has 0 aliphatic heterocycles. The van der Waals surface area contributed by atoms with Crippen molar-refractivity contribution >= 4 is 23.2 Å². The van der Waals surface area contributed by atoms with Crippen LogP contribution in [-0.4, -0.2) is 26.2 Å². The third kappa shape index (κ3) is 3.21. The van der Waals surface area contributed by atoms with Crippen LogP contribution in [0.4, 0.5) is 5.69 Å². The predicted molar refractivity (Wildman–Crippen MR) is 100 cm³/mol. The lowest BCUT2D eigenvalue weighted by Gasteiger charge is -2.04. The molecule has 1 aliphatic rings. The molecule has 4 rings (SSSR count). The molecule has 0 bridgehead atoms. The van der Waals surface area contributed by atoms with Gasteiger partial charge in [0.2, 0.25) is 10.6 Å². The molecule has 3 N–H and O–H groups in total. The van der Waals surface area contributed by atoms with Gasteiger partial charge in [-0.25, -0.2) is 9.67 Å². The Morgan fingerprint density at radius 1 is 1.00 bits per heavy atom. The molecule has 132 valence electrons. The van der Waals surface area contributed by atoms with Gasteiger partial charge in [0.05, 0.1) is 17.6 Å². The number of thiazole rings is 1. The average Bonchev–Trinajstić information content (AvgIpc) is 3.42. The molecule has 1 heterocycles. The van der Waals surface area contributed by atoms with Crippen LogP contribution in [0.25, 0.3) is 0 Å². The first-order chi connectivity index (χ1) is 12.6. The van der Waals surface area contributed by atoms with E-state index in [9.17, 15) is 15.3 Å². The molecule has 0 unspecified atom stereocenters. The van der Waals surface area contributed by atoms with Gasteiger partial charge in [0.25, 0.3) is 0 Å². The molecular formula is C19H17N3O3S. The minimum atomic E-state index is -0.555. The Balaban J connectivity index is 1.77. The Morgan fingerprint density at radius 2 is 1.77 bits per heavy atom. The maximum absolute atomic E-state index is 9.97. The number of hydrogen-bond donors (Lipinski definition) is 3. The van der Waals surface area contributed by atoms with Crippen molar-refractivity contribution in [2.75, 3.05) is 0 Å². The van der Waals surface area contributed by atoms with E-state index in [2.05, 4.69) is 15.5 Å². The second-order valence-electron chi connectivity index (χ2n) is 6.09. The van der Waals surface area contributed by atoms with Crippen LogP contribution in [0.5, 0.6) is 17.2 Å². The van der Waals surface area contributed by atoms with Gasteiger partial charge in [0.15, 0.2) is 11.5 Å². The number of phenols is 3. The van der Waals surface area contributed by atoms with E-state index in [1.807, 2.05) is 30.3 Å². The van der Waals surface area contributed by atoms with Crippen molar-refractivity contribution in [2.24, 2.45) is 10.1 Å². The minimum absolute atomic E-state index is 0.311. The van der Waals surface area contributed by atoms with E-state index in [4.69, 9.17) is 0 Å². The molecule has 0 spiro atoms. The van der Waals surface area contributed by atoms with Crippen LogP contribution in [0.2, 0.25) is 0 Å². The normalized spacial score (nSPS) is 15.0. The Hall–Kier alpha value is -3.06. The van der Waals surface area contributed by atoms with E-state index in [1.54, 1.807) is 4.68 Å². The van der Waals surface area contributed by atoms with E-state index in [1.165, 1.54) is 29.7 Å². The Bertz CT molecular complexity index is 1030. The molecule has 2 aromatic carbocycles. The number of benzene rings is 2. The van der Waals surface area contributed by atoms with Gasteiger partial charge in [-0.1, -0.05) is 18.2 Å². The third-order valence-electron chi connectivity index (χ3n) is 4.16. The van der Waals surface area contributed by atoms with E-state index in [0.29, 0.717) is 11.5 Å². The first-order valence-corrected chi connectivity index (χ1v) is 9.10. The molecule has 1 saturated carbocycles. The largest absolute Gasteiger partial charge is 0.504 e. The zero-order chi connectivity index (χ0) is 18.1. The molecule has 26 heavy (non-hydrogen) atoms. The predicted octanol–water partition coefficient (Wildman–Crippen LogP) is 3.66. The molecule has 0 atom stereocenters. The molecule has 0 saturated heterocycles. The van der Waals surface area contributed by atoms with Gasteiger partial charge >= 0.3 is 0 Å². The summed E-state index contributed by atoms with van der Waals surface area (Å²) in [6.45, 7) is 0. The van der Waals surface area contributed by atoms with Crippen LogP contribution in [0, 0.1) is 0 Å². The van der Waals surface area contributed by atoms with Gasteiger partial charge in [0, 0.05) is 16.9 Å². The van der Waals surface area contributed by atoms with Gasteiger partial charge in [-0.2, -0.15) is 5.10 Å². The van der Waals surface area contributed by atoms with Crippen molar-refractivity contribution in [3.8, 4) is 17.2 Å². The van der Waals surface area contributed by atoms with Crippen molar-refractivity contribution in [1.29, 1.82) is 0 Å². The molecule has 3 aromatic rings. The molecular weight excluding hydrogens is 350 g/mol. The van der Waals surface area contributed by atoms with Crippen molar-refractivity contribution in [2.45, 2.75) is 18.8 Å². The van der Waals surface area contributed by atoms with Crippen LogP contribution in [-0.2, 0) is 0 Å². The highest BCUT2D eigenvalue weighted by Crippen LogP contribution is 2.40. The second kappa shape index (κ2) is 6.68. The summed E-state index contributed by atoms with van der Waals surface area (Å²) >= 11 is 1.51. The molecule has 7 heteroatoms. The maximum Gasteiger partial charge on any atom is 0.211 e. The fourth-order valence-corrected chi connectivity index (χ4v) is 3.51. The number of para-hydroxylation sites is 1. The van der Waals surface area contributed by atoms with Crippen LogP contribution in [0.15, 0.2) is 57.9 Å². The summed E-state index contributed by atoms with van der Waals surface area (Å²) < 4.78 is 1.78. The number of aromatic hydroxyl groups is 3. The highest BCUT2D eigenvalue weighted by Gasteiger charge is 2.27. The Labute approximate surface area is 153 Å². The lowest BCUT2D eigenvalue weighted by molar-refractivity contribution is 0.367. The molecule has 1 aromatic heterocycles. The highest BCUT2D eigenvalue weighted by molar-refractivity contribution is 7.07. The SMILES string of the molecule is Oc1ccc(/C=N/n2c(C3CC3)csc2=Nc2ccccc2)c(O)c1O. The summed E-state index contributed by atoms with van der Waals surface area (Å²) in [5, 5.41) is 35.6. The number of aromatic nitrogens is 1. The van der Waals surface area contributed by atoms with Crippen LogP contribution < -0.4 is 4.80 Å². The first-order valence-electron chi connectivity index (χ1n) is 8.22. The van der Waals surface area contributed by atoms with Crippen molar-refractivity contribution in [1.82, 2.24) is 4.68 Å². The van der Waals surface area contributed by atoms with E-state index < -0.39 is 11.5 Å². The van der Waals surface area contributed by atoms with Crippen LogP contribution in [0.1, 0.15) is 30.0 Å². The quantitative estimate of drug-likeness (QED) is 0.485. The Kier molecular flexibility index (Phi) is 4.22. The van der Waals surface area contributed by atoms with Crippen molar-refractivity contribution in [3.05, 3.63) is 63.9 Å². The zero-order valence-electron chi connectivity index (χ0n) is 13.8. The lowest BCUT2D eigenvalue weighted by Crippen LogP contribution is -2.12. The first kappa shape index (κ1) is 16.4. The molecule has 1 fully saturated rings. The van der Waals surface area contributed by atoms with E-state index in [-0.39, 0.29) is 5.75 Å². The smallest absolute Gasteiger partial charge is 0.211 e. The maximum atomic E-state index is 9.97. The molecule has 0 amide bonds. The summed E-state index contributed by atoms with van der Waals surface area (Å²) in [6.07, 6.45) is 3.71. The highest BCUT2D eigenvalue weighted by atomic mass is 32.1. The monoisotopic (exact) mass is 367 g/mol. The number of rotatable bonds is 4. The van der Waals surface area contributed by atoms with Gasteiger partial charge in [-0.05, 0) is 37.1 Å². The van der Waals surface area contributed by atoms with Crippen LogP contribution >= 0.6 is 11.3 Å². The van der Waals surface area contributed by atoms with Gasteiger partial charge in [-0.15, -0.1) is 11.3 Å². The second-order valence-corrected chi connectivity index (χ2v) is 6.93. The average molecular weight is 367 g/mol. The van der Waals surface area contributed by atoms with Crippen molar-refractivity contribution in [3.63, 3.8) is 0 Å². The van der Waals surface area contributed by atoms with Crippen LogP contribution in [0.3, 0.4) is 0 Å².